The molecule has 1 fully saturated rings. The predicted octanol–water partition coefficient (Wildman–Crippen LogP) is 6.29. The highest BCUT2D eigenvalue weighted by molar-refractivity contribution is 5.76. The van der Waals surface area contributed by atoms with Crippen molar-refractivity contribution < 1.29 is 14.7 Å². The fraction of sp³-hybridized carbons (Fsp3) is 0.481. The topological polar surface area (TPSA) is 60.9 Å². The number of carbonyl (C=O) groups excluding carboxylic acids is 1. The van der Waals surface area contributed by atoms with Crippen LogP contribution >= 0.6 is 0 Å². The molecule has 0 bridgehead atoms. The summed E-state index contributed by atoms with van der Waals surface area (Å²) in [5.41, 5.74) is 0. The van der Waals surface area contributed by atoms with E-state index in [2.05, 4.69) is 73.8 Å². The summed E-state index contributed by atoms with van der Waals surface area (Å²) in [4.78, 5) is 26.2. The third-order valence-electron chi connectivity index (χ3n) is 5.02. The van der Waals surface area contributed by atoms with Gasteiger partial charge in [-0.3, -0.25) is 4.79 Å². The van der Waals surface area contributed by atoms with E-state index >= 15 is 0 Å². The first-order valence-electron chi connectivity index (χ1n) is 11.8. The summed E-state index contributed by atoms with van der Waals surface area (Å²) >= 11 is 0. The van der Waals surface area contributed by atoms with Crippen LogP contribution in [0.25, 0.3) is 0 Å². The van der Waals surface area contributed by atoms with Gasteiger partial charge in [0.15, 0.2) is 0 Å². The minimum absolute atomic E-state index is 0.106. The van der Waals surface area contributed by atoms with E-state index in [1.807, 2.05) is 6.08 Å². The molecule has 0 spiro atoms. The molecule has 5 nitrogen and oxygen atoms in total. The minimum Gasteiger partial charge on any atom is -0.465 e. The van der Waals surface area contributed by atoms with Crippen LogP contribution < -0.4 is 0 Å². The lowest BCUT2D eigenvalue weighted by Gasteiger charge is -2.33. The number of hydrogen-bond donors (Lipinski definition) is 1. The molecule has 0 saturated carbocycles. The largest absolute Gasteiger partial charge is 0.465 e. The van der Waals surface area contributed by atoms with Crippen molar-refractivity contribution in [3.8, 4) is 0 Å². The molecule has 1 heterocycles. The molecule has 1 rings (SSSR count). The zero-order valence-electron chi connectivity index (χ0n) is 19.6. The second-order valence-electron chi connectivity index (χ2n) is 7.60. The molecule has 0 aromatic carbocycles. The number of hydrogen-bond acceptors (Lipinski definition) is 2. The normalized spacial score (nSPS) is 15.7. The Morgan fingerprint density at radius 3 is 1.41 bits per heavy atom. The SMILES string of the molecule is CCC=CCC=CCC=CCC=CCC=CCC=CCCC(=O)N1CCN(C(=O)O)CC1. The maximum absolute atomic E-state index is 12.2. The lowest BCUT2D eigenvalue weighted by molar-refractivity contribution is -0.132. The van der Waals surface area contributed by atoms with Crippen molar-refractivity contribution in [3.63, 3.8) is 0 Å². The Kier molecular flexibility index (Phi) is 16.1. The zero-order valence-corrected chi connectivity index (χ0v) is 19.6. The highest BCUT2D eigenvalue weighted by Gasteiger charge is 2.22. The van der Waals surface area contributed by atoms with Gasteiger partial charge in [0.1, 0.15) is 0 Å². The van der Waals surface area contributed by atoms with Crippen molar-refractivity contribution >= 4 is 12.0 Å². The van der Waals surface area contributed by atoms with Crippen LogP contribution in [-0.2, 0) is 4.79 Å². The molecule has 1 aliphatic heterocycles. The van der Waals surface area contributed by atoms with Crippen molar-refractivity contribution in [2.24, 2.45) is 0 Å². The molecule has 0 aliphatic carbocycles. The molecular weight excluding hydrogens is 400 g/mol. The standard InChI is InChI=1S/C27H40N2O3/c1-2-3-4-5-6-7-8-9-10-11-12-13-14-15-16-17-18-19-20-21-26(30)28-22-24-29(25-23-28)27(31)32/h3-4,6-7,9-10,12-13,15-16,18-19H,2,5,8,11,14,17,20-25H2,1H3,(H,31,32). The van der Waals surface area contributed by atoms with E-state index in [0.717, 1.165) is 44.9 Å². The summed E-state index contributed by atoms with van der Waals surface area (Å²) in [5, 5.41) is 8.94. The third kappa shape index (κ3) is 14.2. The van der Waals surface area contributed by atoms with Crippen LogP contribution in [0.5, 0.6) is 0 Å². The van der Waals surface area contributed by atoms with Gasteiger partial charge in [0.2, 0.25) is 5.91 Å². The van der Waals surface area contributed by atoms with Crippen LogP contribution in [0.2, 0.25) is 0 Å². The summed E-state index contributed by atoms with van der Waals surface area (Å²) in [6.45, 7) is 3.94. The number of piperazine rings is 1. The van der Waals surface area contributed by atoms with Gasteiger partial charge >= 0.3 is 6.09 Å². The number of rotatable bonds is 14. The summed E-state index contributed by atoms with van der Waals surface area (Å²) in [5.74, 6) is 0.106. The minimum atomic E-state index is -0.907. The molecule has 2 amide bonds. The number of amides is 2. The zero-order chi connectivity index (χ0) is 23.3. The molecule has 1 aliphatic rings. The number of carbonyl (C=O) groups is 2. The number of allylic oxidation sites excluding steroid dienone is 12. The van der Waals surface area contributed by atoms with Crippen molar-refractivity contribution in [3.05, 3.63) is 72.9 Å². The average Bonchev–Trinajstić information content (AvgIpc) is 2.80. The Balaban J connectivity index is 2.00. The van der Waals surface area contributed by atoms with Crippen molar-refractivity contribution in [1.29, 1.82) is 0 Å². The average molecular weight is 441 g/mol. The highest BCUT2D eigenvalue weighted by atomic mass is 16.4. The second kappa shape index (κ2) is 18.9. The first-order chi connectivity index (χ1) is 15.6. The van der Waals surface area contributed by atoms with E-state index in [1.54, 1.807) is 4.90 Å². The fourth-order valence-electron chi connectivity index (χ4n) is 3.15. The molecular formula is C27H40N2O3. The lowest BCUT2D eigenvalue weighted by Crippen LogP contribution is -2.50. The van der Waals surface area contributed by atoms with Gasteiger partial charge in [-0.1, -0.05) is 79.8 Å². The van der Waals surface area contributed by atoms with E-state index in [-0.39, 0.29) is 5.91 Å². The van der Waals surface area contributed by atoms with E-state index in [4.69, 9.17) is 5.11 Å². The van der Waals surface area contributed by atoms with Crippen LogP contribution in [-0.4, -0.2) is 53.1 Å². The lowest BCUT2D eigenvalue weighted by atomic mass is 10.2. The summed E-state index contributed by atoms with van der Waals surface area (Å²) < 4.78 is 0. The fourth-order valence-corrected chi connectivity index (χ4v) is 3.15. The van der Waals surface area contributed by atoms with Crippen molar-refractivity contribution in [2.45, 2.75) is 58.3 Å². The molecule has 32 heavy (non-hydrogen) atoms. The number of carboxylic acid groups (broad SMARTS) is 1. The van der Waals surface area contributed by atoms with Crippen LogP contribution in [0.4, 0.5) is 4.79 Å². The van der Waals surface area contributed by atoms with Crippen LogP contribution in [0, 0.1) is 0 Å². The van der Waals surface area contributed by atoms with Gasteiger partial charge in [-0.25, -0.2) is 4.79 Å². The Morgan fingerprint density at radius 1 is 0.625 bits per heavy atom. The first kappa shape index (κ1) is 27.2. The van der Waals surface area contributed by atoms with Gasteiger partial charge < -0.3 is 14.9 Å². The maximum atomic E-state index is 12.2. The Bertz CT molecular complexity index is 694. The smallest absolute Gasteiger partial charge is 0.407 e. The molecule has 0 aromatic heterocycles. The van der Waals surface area contributed by atoms with Gasteiger partial charge in [0.05, 0.1) is 0 Å². The first-order valence-corrected chi connectivity index (χ1v) is 11.8. The molecule has 0 atom stereocenters. The van der Waals surface area contributed by atoms with Crippen molar-refractivity contribution in [1.82, 2.24) is 9.80 Å². The van der Waals surface area contributed by atoms with Gasteiger partial charge in [0, 0.05) is 32.6 Å². The molecule has 0 unspecified atom stereocenters. The van der Waals surface area contributed by atoms with Gasteiger partial charge in [-0.05, 0) is 44.9 Å². The molecule has 176 valence electrons. The van der Waals surface area contributed by atoms with Crippen molar-refractivity contribution in [2.75, 3.05) is 26.2 Å². The predicted molar refractivity (Wildman–Crippen MR) is 134 cm³/mol. The molecule has 1 saturated heterocycles. The van der Waals surface area contributed by atoms with Crippen LogP contribution in [0.1, 0.15) is 58.3 Å². The third-order valence-corrected chi connectivity index (χ3v) is 5.02. The van der Waals surface area contributed by atoms with Gasteiger partial charge in [0.25, 0.3) is 0 Å². The molecule has 0 radical (unpaired) electrons. The van der Waals surface area contributed by atoms with Crippen LogP contribution in [0.3, 0.4) is 0 Å². The van der Waals surface area contributed by atoms with Gasteiger partial charge in [-0.2, -0.15) is 0 Å². The summed E-state index contributed by atoms with van der Waals surface area (Å²) in [6, 6.07) is 0. The molecule has 5 heteroatoms. The van der Waals surface area contributed by atoms with Gasteiger partial charge in [-0.15, -0.1) is 0 Å². The quantitative estimate of drug-likeness (QED) is 0.323. The van der Waals surface area contributed by atoms with E-state index < -0.39 is 6.09 Å². The molecule has 1 N–H and O–H groups in total. The summed E-state index contributed by atoms with van der Waals surface area (Å²) in [7, 11) is 0. The molecule has 0 aromatic rings. The van der Waals surface area contributed by atoms with E-state index in [0.29, 0.717) is 32.6 Å². The number of nitrogens with zero attached hydrogens (tertiary/aromatic N) is 2. The van der Waals surface area contributed by atoms with Crippen LogP contribution in [0.15, 0.2) is 72.9 Å². The van der Waals surface area contributed by atoms with E-state index in [1.165, 1.54) is 4.90 Å². The van der Waals surface area contributed by atoms with E-state index in [9.17, 15) is 9.59 Å². The second-order valence-corrected chi connectivity index (χ2v) is 7.60. The monoisotopic (exact) mass is 440 g/mol. The maximum Gasteiger partial charge on any atom is 0.407 e. The Morgan fingerprint density at radius 2 is 1.00 bits per heavy atom. The highest BCUT2D eigenvalue weighted by Crippen LogP contribution is 2.06. The Hall–Kier alpha value is -2.82. The Labute approximate surface area is 194 Å². The summed E-state index contributed by atoms with van der Waals surface area (Å²) in [6.07, 6.45) is 32.2.